The molecule has 1 saturated heterocycles. The van der Waals surface area contributed by atoms with Crippen LogP contribution in [0.15, 0.2) is 84.9 Å². The van der Waals surface area contributed by atoms with Crippen molar-refractivity contribution in [3.63, 3.8) is 0 Å². The van der Waals surface area contributed by atoms with E-state index in [1.54, 1.807) is 12.1 Å². The van der Waals surface area contributed by atoms with E-state index in [0.29, 0.717) is 11.3 Å². The molecule has 1 aliphatic rings. The molecule has 3 aromatic rings. The zero-order valence-corrected chi connectivity index (χ0v) is 17.9. The fraction of sp³-hybridized carbons (Fsp3) is 0.269. The predicted octanol–water partition coefficient (Wildman–Crippen LogP) is 3.75. The van der Waals surface area contributed by atoms with Crippen LogP contribution < -0.4 is 11.1 Å². The molecule has 5 heteroatoms. The number of hydrogen-bond acceptors (Lipinski definition) is 4. The van der Waals surface area contributed by atoms with Crippen LogP contribution in [0.2, 0.25) is 0 Å². The van der Waals surface area contributed by atoms with Gasteiger partial charge in [-0.2, -0.15) is 0 Å². The molecule has 0 aromatic heterocycles. The summed E-state index contributed by atoms with van der Waals surface area (Å²) in [5, 5.41) is 3.10. The standard InChI is InChI=1S/C26H30N4O/c1-20(28-26(31)23-14-8-9-15-24(23)27)29-16-18-30(19-17-29)25(21-10-4-2-5-11-21)22-12-6-3-7-13-22/h2-15,20,25H,16-19,27H2,1H3,(H,28,31). The van der Waals surface area contributed by atoms with Crippen molar-refractivity contribution >= 4 is 11.6 Å². The summed E-state index contributed by atoms with van der Waals surface area (Å²) in [7, 11) is 0. The van der Waals surface area contributed by atoms with Crippen molar-refractivity contribution in [3.05, 3.63) is 102 Å². The Kier molecular flexibility index (Phi) is 6.65. The number of nitrogens with zero attached hydrogens (tertiary/aromatic N) is 2. The first-order chi connectivity index (χ1) is 15.1. The summed E-state index contributed by atoms with van der Waals surface area (Å²) >= 11 is 0. The molecule has 0 bridgehead atoms. The van der Waals surface area contributed by atoms with Crippen molar-refractivity contribution in [3.8, 4) is 0 Å². The van der Waals surface area contributed by atoms with Crippen molar-refractivity contribution in [1.82, 2.24) is 15.1 Å². The lowest BCUT2D eigenvalue weighted by Crippen LogP contribution is -2.55. The average molecular weight is 415 g/mol. The van der Waals surface area contributed by atoms with Gasteiger partial charge in [0.15, 0.2) is 0 Å². The van der Waals surface area contributed by atoms with E-state index in [1.807, 2.05) is 19.1 Å². The number of nitrogen functional groups attached to an aromatic ring is 1. The van der Waals surface area contributed by atoms with Crippen molar-refractivity contribution in [2.24, 2.45) is 0 Å². The van der Waals surface area contributed by atoms with Crippen LogP contribution in [0.25, 0.3) is 0 Å². The smallest absolute Gasteiger partial charge is 0.254 e. The number of carbonyl (C=O) groups excluding carboxylic acids is 1. The lowest BCUT2D eigenvalue weighted by Gasteiger charge is -2.42. The van der Waals surface area contributed by atoms with Gasteiger partial charge in [0.2, 0.25) is 0 Å². The number of nitrogens with two attached hydrogens (primary N) is 1. The summed E-state index contributed by atoms with van der Waals surface area (Å²) < 4.78 is 0. The number of amides is 1. The third-order valence-electron chi connectivity index (χ3n) is 6.04. The quantitative estimate of drug-likeness (QED) is 0.603. The molecule has 160 valence electrons. The minimum atomic E-state index is -0.125. The Morgan fingerprint density at radius 1 is 0.774 bits per heavy atom. The third-order valence-corrected chi connectivity index (χ3v) is 6.04. The molecule has 0 radical (unpaired) electrons. The number of carbonyl (C=O) groups is 1. The van der Waals surface area contributed by atoms with Crippen molar-refractivity contribution < 1.29 is 4.79 Å². The second-order valence-corrected chi connectivity index (χ2v) is 8.03. The summed E-state index contributed by atoms with van der Waals surface area (Å²) in [6, 6.07) is 28.8. The number of benzene rings is 3. The zero-order chi connectivity index (χ0) is 21.6. The van der Waals surface area contributed by atoms with Gasteiger partial charge < -0.3 is 11.1 Å². The molecular formula is C26H30N4O. The number of rotatable bonds is 6. The van der Waals surface area contributed by atoms with Gasteiger partial charge in [0, 0.05) is 31.9 Å². The fourth-order valence-electron chi connectivity index (χ4n) is 4.33. The summed E-state index contributed by atoms with van der Waals surface area (Å²) in [4.78, 5) is 17.5. The van der Waals surface area contributed by atoms with Gasteiger partial charge in [-0.05, 0) is 30.2 Å². The van der Waals surface area contributed by atoms with Crippen LogP contribution in [-0.4, -0.2) is 48.1 Å². The number of piperazine rings is 1. The number of hydrogen-bond donors (Lipinski definition) is 2. The van der Waals surface area contributed by atoms with Crippen molar-refractivity contribution in [1.29, 1.82) is 0 Å². The maximum Gasteiger partial charge on any atom is 0.254 e. The SMILES string of the molecule is CC(NC(=O)c1ccccc1N)N1CCN(C(c2ccccc2)c2ccccc2)CC1. The highest BCUT2D eigenvalue weighted by Gasteiger charge is 2.28. The number of anilines is 1. The van der Waals surface area contributed by atoms with Gasteiger partial charge in [-0.3, -0.25) is 14.6 Å². The van der Waals surface area contributed by atoms with Gasteiger partial charge in [-0.25, -0.2) is 0 Å². The van der Waals surface area contributed by atoms with Crippen LogP contribution >= 0.6 is 0 Å². The Balaban J connectivity index is 1.42. The molecule has 0 spiro atoms. The highest BCUT2D eigenvalue weighted by atomic mass is 16.1. The van der Waals surface area contributed by atoms with Gasteiger partial charge in [0.1, 0.15) is 0 Å². The normalized spacial score (nSPS) is 16.2. The summed E-state index contributed by atoms with van der Waals surface area (Å²) in [5.41, 5.74) is 9.61. The molecule has 0 aliphatic carbocycles. The lowest BCUT2D eigenvalue weighted by molar-refractivity contribution is 0.0634. The van der Waals surface area contributed by atoms with E-state index in [1.165, 1.54) is 11.1 Å². The molecular weight excluding hydrogens is 384 g/mol. The van der Waals surface area contributed by atoms with Gasteiger partial charge >= 0.3 is 0 Å². The molecule has 4 rings (SSSR count). The van der Waals surface area contributed by atoms with Gasteiger partial charge in [0.05, 0.1) is 17.8 Å². The first-order valence-corrected chi connectivity index (χ1v) is 10.9. The van der Waals surface area contributed by atoms with Crippen LogP contribution in [0.3, 0.4) is 0 Å². The minimum absolute atomic E-state index is 0.0545. The average Bonchev–Trinajstić information content (AvgIpc) is 2.81. The molecule has 1 unspecified atom stereocenters. The molecule has 0 saturated carbocycles. The van der Waals surface area contributed by atoms with E-state index in [-0.39, 0.29) is 18.1 Å². The third kappa shape index (κ3) is 4.95. The second-order valence-electron chi connectivity index (χ2n) is 8.03. The summed E-state index contributed by atoms with van der Waals surface area (Å²) in [6.45, 7) is 5.69. The molecule has 3 N–H and O–H groups in total. The topological polar surface area (TPSA) is 61.6 Å². The Bertz CT molecular complexity index is 945. The zero-order valence-electron chi connectivity index (χ0n) is 17.9. The van der Waals surface area contributed by atoms with E-state index in [0.717, 1.165) is 26.2 Å². The van der Waals surface area contributed by atoms with Crippen LogP contribution in [0.5, 0.6) is 0 Å². The number of para-hydroxylation sites is 1. The molecule has 1 atom stereocenters. The fourth-order valence-corrected chi connectivity index (χ4v) is 4.33. The maximum absolute atomic E-state index is 12.6. The molecule has 5 nitrogen and oxygen atoms in total. The highest BCUT2D eigenvalue weighted by molar-refractivity contribution is 5.99. The van der Waals surface area contributed by atoms with E-state index in [2.05, 4.69) is 75.8 Å². The molecule has 31 heavy (non-hydrogen) atoms. The van der Waals surface area contributed by atoms with Crippen LogP contribution in [0, 0.1) is 0 Å². The first-order valence-electron chi connectivity index (χ1n) is 10.9. The van der Waals surface area contributed by atoms with E-state index in [9.17, 15) is 4.79 Å². The first kappa shape index (κ1) is 21.1. The molecule has 1 aliphatic heterocycles. The molecule has 1 fully saturated rings. The van der Waals surface area contributed by atoms with Crippen molar-refractivity contribution in [2.45, 2.75) is 19.1 Å². The molecule has 1 amide bonds. The van der Waals surface area contributed by atoms with E-state index >= 15 is 0 Å². The summed E-state index contributed by atoms with van der Waals surface area (Å²) in [5.74, 6) is -0.125. The van der Waals surface area contributed by atoms with Gasteiger partial charge in [0.25, 0.3) is 5.91 Å². The van der Waals surface area contributed by atoms with Gasteiger partial charge in [-0.15, -0.1) is 0 Å². The van der Waals surface area contributed by atoms with Crippen LogP contribution in [0.1, 0.15) is 34.5 Å². The largest absolute Gasteiger partial charge is 0.398 e. The van der Waals surface area contributed by atoms with Crippen LogP contribution in [-0.2, 0) is 0 Å². The Morgan fingerprint density at radius 2 is 1.26 bits per heavy atom. The van der Waals surface area contributed by atoms with Gasteiger partial charge in [-0.1, -0.05) is 72.8 Å². The monoisotopic (exact) mass is 414 g/mol. The van der Waals surface area contributed by atoms with E-state index in [4.69, 9.17) is 5.73 Å². The molecule has 3 aromatic carbocycles. The highest BCUT2D eigenvalue weighted by Crippen LogP contribution is 2.29. The van der Waals surface area contributed by atoms with E-state index < -0.39 is 0 Å². The maximum atomic E-state index is 12.6. The Hall–Kier alpha value is -3.15. The summed E-state index contributed by atoms with van der Waals surface area (Å²) in [6.07, 6.45) is -0.0545. The van der Waals surface area contributed by atoms with Crippen molar-refractivity contribution in [2.75, 3.05) is 31.9 Å². The van der Waals surface area contributed by atoms with Crippen LogP contribution in [0.4, 0.5) is 5.69 Å². The molecule has 1 heterocycles. The Morgan fingerprint density at radius 3 is 1.81 bits per heavy atom. The minimum Gasteiger partial charge on any atom is -0.398 e. The Labute approximate surface area is 184 Å². The lowest BCUT2D eigenvalue weighted by atomic mass is 9.96. The number of nitrogens with one attached hydrogen (secondary N) is 1. The second kappa shape index (κ2) is 9.77. The predicted molar refractivity (Wildman–Crippen MR) is 126 cm³/mol.